The van der Waals surface area contributed by atoms with Gasteiger partial charge in [0.05, 0.1) is 0 Å². The van der Waals surface area contributed by atoms with Crippen LogP contribution in [0.25, 0.3) is 0 Å². The lowest BCUT2D eigenvalue weighted by atomic mass is 10.5. The molecular formula is C10H28N2O. The van der Waals surface area contributed by atoms with Crippen LogP contribution in [0.5, 0.6) is 0 Å². The van der Waals surface area contributed by atoms with Gasteiger partial charge in [0, 0.05) is 14.0 Å². The molecule has 0 atom stereocenters. The lowest BCUT2D eigenvalue weighted by Gasteiger charge is -1.80. The largest absolute Gasteiger partial charge is 0.359 e. The Morgan fingerprint density at radius 1 is 1.23 bits per heavy atom. The number of hydrogen-bond acceptors (Lipinski definition) is 2. The third kappa shape index (κ3) is 172. The van der Waals surface area contributed by atoms with Crippen LogP contribution in [0.4, 0.5) is 0 Å². The molecule has 0 aliphatic rings. The fraction of sp³-hybridized carbons (Fsp3) is 0.900. The Hall–Kier alpha value is -0.570. The zero-order chi connectivity index (χ0) is 11.7. The molecule has 3 N–H and O–H groups in total. The zero-order valence-electron chi connectivity index (χ0n) is 10.4. The van der Waals surface area contributed by atoms with Crippen molar-refractivity contribution in [1.29, 1.82) is 0 Å². The van der Waals surface area contributed by atoms with Gasteiger partial charge >= 0.3 is 0 Å². The summed E-state index contributed by atoms with van der Waals surface area (Å²) in [5.41, 5.74) is 5.03. The summed E-state index contributed by atoms with van der Waals surface area (Å²) < 4.78 is 0. The van der Waals surface area contributed by atoms with Crippen LogP contribution in [0.1, 0.15) is 48.0 Å². The van der Waals surface area contributed by atoms with Crippen molar-refractivity contribution in [2.24, 2.45) is 5.73 Å². The Morgan fingerprint density at radius 2 is 1.38 bits per heavy atom. The van der Waals surface area contributed by atoms with Crippen molar-refractivity contribution in [2.45, 2.75) is 48.0 Å². The van der Waals surface area contributed by atoms with Crippen molar-refractivity contribution in [3.8, 4) is 0 Å². The molecule has 0 aliphatic heterocycles. The molecule has 0 fully saturated rings. The van der Waals surface area contributed by atoms with Crippen molar-refractivity contribution in [2.75, 3.05) is 13.6 Å². The normalized spacial score (nSPS) is 5.85. The van der Waals surface area contributed by atoms with Gasteiger partial charge in [-0.2, -0.15) is 0 Å². The second-order valence-electron chi connectivity index (χ2n) is 1.59. The van der Waals surface area contributed by atoms with Crippen LogP contribution in [0.3, 0.4) is 0 Å². The molecule has 0 spiro atoms. The summed E-state index contributed by atoms with van der Waals surface area (Å²) in [6.45, 7) is 12.3. The van der Waals surface area contributed by atoms with E-state index in [1.165, 1.54) is 6.92 Å². The average molecular weight is 192 g/mol. The Bertz CT molecular complexity index is 63.9. The SMILES string of the molecule is CC.CC.CCCN.CNC(C)=O. The van der Waals surface area contributed by atoms with E-state index in [0.29, 0.717) is 0 Å². The minimum atomic E-state index is 0.00463. The highest BCUT2D eigenvalue weighted by Crippen LogP contribution is 1.57. The Morgan fingerprint density at radius 3 is 1.38 bits per heavy atom. The maximum Gasteiger partial charge on any atom is 0.216 e. The molecule has 0 aromatic rings. The molecule has 0 saturated heterocycles. The summed E-state index contributed by atoms with van der Waals surface area (Å²) in [6.07, 6.45) is 1.10. The molecule has 0 saturated carbocycles. The maximum absolute atomic E-state index is 9.70. The van der Waals surface area contributed by atoms with E-state index in [4.69, 9.17) is 5.73 Å². The molecule has 0 aromatic heterocycles. The first-order chi connectivity index (χ1) is 6.18. The molecule has 3 heteroatoms. The molecule has 0 heterocycles. The predicted molar refractivity (Wildman–Crippen MR) is 61.8 cm³/mol. The van der Waals surface area contributed by atoms with Gasteiger partial charge < -0.3 is 11.1 Å². The molecule has 3 nitrogen and oxygen atoms in total. The number of amides is 1. The van der Waals surface area contributed by atoms with Crippen LogP contribution >= 0.6 is 0 Å². The second-order valence-corrected chi connectivity index (χ2v) is 1.59. The first-order valence-corrected chi connectivity index (χ1v) is 5.07. The molecule has 0 radical (unpaired) electrons. The summed E-state index contributed by atoms with van der Waals surface area (Å²) in [4.78, 5) is 9.70. The van der Waals surface area contributed by atoms with Crippen LogP contribution in [-0.4, -0.2) is 19.5 Å². The highest BCUT2D eigenvalue weighted by molar-refractivity contribution is 5.72. The van der Waals surface area contributed by atoms with Gasteiger partial charge in [0.1, 0.15) is 0 Å². The molecule has 0 unspecified atom stereocenters. The van der Waals surface area contributed by atoms with E-state index in [1.807, 2.05) is 27.7 Å². The Balaban J connectivity index is -0.0000000457. The summed E-state index contributed by atoms with van der Waals surface area (Å²) in [5.74, 6) is 0.00463. The lowest BCUT2D eigenvalue weighted by Crippen LogP contribution is -2.11. The van der Waals surface area contributed by atoms with Crippen LogP contribution in [-0.2, 0) is 4.79 Å². The van der Waals surface area contributed by atoms with Crippen molar-refractivity contribution >= 4 is 5.91 Å². The molecule has 84 valence electrons. The number of rotatable bonds is 1. The fourth-order valence-electron chi connectivity index (χ4n) is 0. The highest BCUT2D eigenvalue weighted by atomic mass is 16.1. The highest BCUT2D eigenvalue weighted by Gasteiger charge is 1.72. The molecule has 1 amide bonds. The van der Waals surface area contributed by atoms with Crippen LogP contribution < -0.4 is 11.1 Å². The van der Waals surface area contributed by atoms with Gasteiger partial charge in [-0.1, -0.05) is 34.6 Å². The molecule has 0 aromatic carbocycles. The van der Waals surface area contributed by atoms with Gasteiger partial charge in [-0.25, -0.2) is 0 Å². The van der Waals surface area contributed by atoms with Crippen LogP contribution in [0.15, 0.2) is 0 Å². The molecular weight excluding hydrogens is 164 g/mol. The van der Waals surface area contributed by atoms with E-state index < -0.39 is 0 Å². The molecule has 0 aliphatic carbocycles. The monoisotopic (exact) mass is 192 g/mol. The standard InChI is InChI=1S/C3H7NO.C3H9N.2C2H6/c1-3(5)4-2;1-2-3-4;2*1-2/h1-2H3,(H,4,5);2-4H2,1H3;2*1-2H3. The van der Waals surface area contributed by atoms with E-state index in [1.54, 1.807) is 7.05 Å². The molecule has 13 heavy (non-hydrogen) atoms. The first-order valence-electron chi connectivity index (χ1n) is 5.07. The number of hydrogen-bond donors (Lipinski definition) is 2. The quantitative estimate of drug-likeness (QED) is 0.669. The number of nitrogens with two attached hydrogens (primary N) is 1. The molecule has 0 bridgehead atoms. The van der Waals surface area contributed by atoms with Gasteiger partial charge in [-0.15, -0.1) is 0 Å². The number of nitrogens with one attached hydrogen (secondary N) is 1. The van der Waals surface area contributed by atoms with Gasteiger partial charge in [0.15, 0.2) is 0 Å². The van der Waals surface area contributed by atoms with Crippen molar-refractivity contribution in [3.05, 3.63) is 0 Å². The van der Waals surface area contributed by atoms with Gasteiger partial charge in [-0.3, -0.25) is 4.79 Å². The molecule has 0 rings (SSSR count). The third-order valence-corrected chi connectivity index (χ3v) is 0.641. The fourth-order valence-corrected chi connectivity index (χ4v) is 0. The van der Waals surface area contributed by atoms with Gasteiger partial charge in [0.25, 0.3) is 0 Å². The first kappa shape index (κ1) is 22.9. The van der Waals surface area contributed by atoms with E-state index in [2.05, 4.69) is 12.2 Å². The second kappa shape index (κ2) is 42.2. The number of carbonyl (C=O) groups is 1. The maximum atomic E-state index is 9.70. The smallest absolute Gasteiger partial charge is 0.216 e. The predicted octanol–water partition coefficient (Wildman–Crippen LogP) is 2.16. The Kier molecular flexibility index (Phi) is 74.1. The average Bonchev–Trinajstić information content (AvgIpc) is 2.24. The van der Waals surface area contributed by atoms with Crippen molar-refractivity contribution in [1.82, 2.24) is 5.32 Å². The van der Waals surface area contributed by atoms with E-state index in [-0.39, 0.29) is 5.91 Å². The Labute approximate surface area is 84.1 Å². The van der Waals surface area contributed by atoms with Gasteiger partial charge in [0.2, 0.25) is 5.91 Å². The summed E-state index contributed by atoms with van der Waals surface area (Å²) >= 11 is 0. The number of carbonyl (C=O) groups excluding carboxylic acids is 1. The van der Waals surface area contributed by atoms with Crippen LogP contribution in [0, 0.1) is 0 Å². The van der Waals surface area contributed by atoms with E-state index in [9.17, 15) is 4.79 Å². The van der Waals surface area contributed by atoms with Crippen molar-refractivity contribution < 1.29 is 4.79 Å². The lowest BCUT2D eigenvalue weighted by molar-refractivity contribution is -0.118. The van der Waals surface area contributed by atoms with Gasteiger partial charge in [-0.05, 0) is 13.0 Å². The minimum absolute atomic E-state index is 0.00463. The summed E-state index contributed by atoms with van der Waals surface area (Å²) in [5, 5.41) is 2.39. The minimum Gasteiger partial charge on any atom is -0.359 e. The van der Waals surface area contributed by atoms with E-state index in [0.717, 1.165) is 13.0 Å². The van der Waals surface area contributed by atoms with Crippen molar-refractivity contribution in [3.63, 3.8) is 0 Å². The van der Waals surface area contributed by atoms with Crippen LogP contribution in [0.2, 0.25) is 0 Å². The summed E-state index contributed by atoms with van der Waals surface area (Å²) in [6, 6.07) is 0. The zero-order valence-corrected chi connectivity index (χ0v) is 10.4. The third-order valence-electron chi connectivity index (χ3n) is 0.641. The van der Waals surface area contributed by atoms with E-state index >= 15 is 0 Å². The summed E-state index contributed by atoms with van der Waals surface area (Å²) in [7, 11) is 1.60. The topological polar surface area (TPSA) is 55.1 Å².